The molecule has 2 N–H and O–H groups in total. The van der Waals surface area contributed by atoms with Crippen molar-refractivity contribution < 1.29 is 15.0 Å². The summed E-state index contributed by atoms with van der Waals surface area (Å²) in [5.41, 5.74) is 1.15. The van der Waals surface area contributed by atoms with Gasteiger partial charge in [0.1, 0.15) is 0 Å². The van der Waals surface area contributed by atoms with Gasteiger partial charge in [-0.2, -0.15) is 5.10 Å². The first-order valence-electron chi connectivity index (χ1n) is 6.63. The second kappa shape index (κ2) is 5.74. The SMILES string of the molecule is CCCC(C(=O)O)C(O)c1cn(C)nc1C(C)(C)C. The number of hydrogen-bond donors (Lipinski definition) is 2. The number of carboxylic acids is 1. The van der Waals surface area contributed by atoms with Crippen LogP contribution in [0.25, 0.3) is 0 Å². The maximum absolute atomic E-state index is 11.3. The molecule has 2 atom stereocenters. The molecule has 0 spiro atoms. The van der Waals surface area contributed by atoms with Crippen molar-refractivity contribution in [2.45, 2.75) is 52.1 Å². The van der Waals surface area contributed by atoms with Gasteiger partial charge < -0.3 is 10.2 Å². The second-order valence-electron chi connectivity index (χ2n) is 6.03. The molecule has 108 valence electrons. The largest absolute Gasteiger partial charge is 0.481 e. The fraction of sp³-hybridized carbons (Fsp3) is 0.714. The minimum Gasteiger partial charge on any atom is -0.481 e. The van der Waals surface area contributed by atoms with Gasteiger partial charge in [-0.15, -0.1) is 0 Å². The number of aliphatic hydroxyl groups excluding tert-OH is 1. The smallest absolute Gasteiger partial charge is 0.309 e. The number of aromatic nitrogens is 2. The zero-order chi connectivity index (χ0) is 14.8. The van der Waals surface area contributed by atoms with Crippen molar-refractivity contribution in [3.8, 4) is 0 Å². The summed E-state index contributed by atoms with van der Waals surface area (Å²) < 4.78 is 1.63. The maximum atomic E-state index is 11.3. The van der Waals surface area contributed by atoms with Crippen LogP contribution in [0, 0.1) is 5.92 Å². The van der Waals surface area contributed by atoms with E-state index in [1.165, 1.54) is 0 Å². The van der Waals surface area contributed by atoms with Crippen molar-refractivity contribution in [2.24, 2.45) is 13.0 Å². The van der Waals surface area contributed by atoms with E-state index in [4.69, 9.17) is 0 Å². The summed E-state index contributed by atoms with van der Waals surface area (Å²) in [5, 5.41) is 24.0. The van der Waals surface area contributed by atoms with Gasteiger partial charge in [-0.25, -0.2) is 0 Å². The van der Waals surface area contributed by atoms with Crippen LogP contribution < -0.4 is 0 Å². The molecule has 2 unspecified atom stereocenters. The molecule has 0 fully saturated rings. The number of aliphatic hydroxyl groups is 1. The highest BCUT2D eigenvalue weighted by Gasteiger charge is 2.33. The number of nitrogens with zero attached hydrogens (tertiary/aromatic N) is 2. The van der Waals surface area contributed by atoms with Gasteiger partial charge in [0.05, 0.1) is 17.7 Å². The lowest BCUT2D eigenvalue weighted by Gasteiger charge is -2.23. The van der Waals surface area contributed by atoms with Gasteiger partial charge in [0, 0.05) is 24.2 Å². The zero-order valence-electron chi connectivity index (χ0n) is 12.3. The van der Waals surface area contributed by atoms with Gasteiger partial charge in [-0.05, 0) is 6.42 Å². The first kappa shape index (κ1) is 15.7. The molecule has 0 amide bonds. The standard InChI is InChI=1S/C14H24N2O3/c1-6-7-9(13(18)19)11(17)10-8-16(5)15-12(10)14(2,3)4/h8-9,11,17H,6-7H2,1-5H3,(H,18,19). The average molecular weight is 268 g/mol. The Morgan fingerprint density at radius 1 is 1.47 bits per heavy atom. The van der Waals surface area contributed by atoms with Gasteiger partial charge in [0.25, 0.3) is 0 Å². The minimum atomic E-state index is -1.01. The summed E-state index contributed by atoms with van der Waals surface area (Å²) in [4.78, 5) is 11.3. The Labute approximate surface area is 114 Å². The van der Waals surface area contributed by atoms with E-state index in [1.807, 2.05) is 27.7 Å². The van der Waals surface area contributed by atoms with E-state index in [0.717, 1.165) is 12.1 Å². The summed E-state index contributed by atoms with van der Waals surface area (Å²) in [6.45, 7) is 7.92. The number of aryl methyl sites for hydroxylation is 1. The van der Waals surface area contributed by atoms with Crippen LogP contribution in [0.1, 0.15) is 57.9 Å². The molecule has 0 aliphatic rings. The molecule has 0 saturated heterocycles. The van der Waals surface area contributed by atoms with Crippen LogP contribution in [0.5, 0.6) is 0 Å². The van der Waals surface area contributed by atoms with Gasteiger partial charge in [0.15, 0.2) is 0 Å². The van der Waals surface area contributed by atoms with Gasteiger partial charge in [0.2, 0.25) is 0 Å². The van der Waals surface area contributed by atoms with E-state index in [2.05, 4.69) is 5.10 Å². The van der Waals surface area contributed by atoms with Gasteiger partial charge in [-0.1, -0.05) is 34.1 Å². The third-order valence-corrected chi connectivity index (χ3v) is 3.18. The summed E-state index contributed by atoms with van der Waals surface area (Å²) in [7, 11) is 1.78. The van der Waals surface area contributed by atoms with E-state index < -0.39 is 18.0 Å². The quantitative estimate of drug-likeness (QED) is 0.859. The predicted molar refractivity (Wildman–Crippen MR) is 72.9 cm³/mol. The molecule has 5 nitrogen and oxygen atoms in total. The van der Waals surface area contributed by atoms with E-state index in [0.29, 0.717) is 12.0 Å². The van der Waals surface area contributed by atoms with Crippen molar-refractivity contribution in [3.63, 3.8) is 0 Å². The van der Waals surface area contributed by atoms with Gasteiger partial charge in [-0.3, -0.25) is 9.48 Å². The first-order chi connectivity index (χ1) is 8.68. The monoisotopic (exact) mass is 268 g/mol. The third kappa shape index (κ3) is 3.56. The lowest BCUT2D eigenvalue weighted by molar-refractivity contribution is -0.146. The molecule has 5 heteroatoms. The minimum absolute atomic E-state index is 0.229. The van der Waals surface area contributed by atoms with E-state index >= 15 is 0 Å². The molecular formula is C14H24N2O3. The Morgan fingerprint density at radius 2 is 2.05 bits per heavy atom. The zero-order valence-corrected chi connectivity index (χ0v) is 12.3. The Hall–Kier alpha value is -1.36. The molecule has 0 aromatic carbocycles. The normalized spacial score (nSPS) is 15.3. The molecule has 1 aromatic rings. The lowest BCUT2D eigenvalue weighted by atomic mass is 9.84. The molecule has 1 aromatic heterocycles. The Balaban J connectivity index is 3.17. The predicted octanol–water partition coefficient (Wildman–Crippen LogP) is 2.25. The van der Waals surface area contributed by atoms with E-state index in [-0.39, 0.29) is 5.41 Å². The van der Waals surface area contributed by atoms with Crippen molar-refractivity contribution >= 4 is 5.97 Å². The molecule has 0 radical (unpaired) electrons. The Morgan fingerprint density at radius 3 is 2.47 bits per heavy atom. The van der Waals surface area contributed by atoms with Crippen LogP contribution in [0.4, 0.5) is 0 Å². The molecule has 1 rings (SSSR count). The van der Waals surface area contributed by atoms with Crippen LogP contribution in [0.3, 0.4) is 0 Å². The number of carboxylic acid groups (broad SMARTS) is 1. The van der Waals surface area contributed by atoms with Gasteiger partial charge >= 0.3 is 5.97 Å². The third-order valence-electron chi connectivity index (χ3n) is 3.18. The number of rotatable bonds is 5. The maximum Gasteiger partial charge on any atom is 0.309 e. The highest BCUT2D eigenvalue weighted by atomic mass is 16.4. The van der Waals surface area contributed by atoms with Crippen LogP contribution in [0.15, 0.2) is 6.20 Å². The highest BCUT2D eigenvalue weighted by Crippen LogP contribution is 2.33. The summed E-state index contributed by atoms with van der Waals surface area (Å²) >= 11 is 0. The van der Waals surface area contributed by atoms with Crippen molar-refractivity contribution in [3.05, 3.63) is 17.5 Å². The molecule has 1 heterocycles. The molecule has 0 aliphatic heterocycles. The van der Waals surface area contributed by atoms with Crippen molar-refractivity contribution in [1.29, 1.82) is 0 Å². The lowest BCUT2D eigenvalue weighted by Crippen LogP contribution is -2.24. The molecular weight excluding hydrogens is 244 g/mol. The highest BCUT2D eigenvalue weighted by molar-refractivity contribution is 5.71. The van der Waals surface area contributed by atoms with Crippen LogP contribution >= 0.6 is 0 Å². The Kier molecular flexibility index (Phi) is 4.74. The molecule has 19 heavy (non-hydrogen) atoms. The summed E-state index contributed by atoms with van der Waals surface area (Å²) in [6, 6.07) is 0. The summed E-state index contributed by atoms with van der Waals surface area (Å²) in [6.07, 6.45) is 1.88. The summed E-state index contributed by atoms with van der Waals surface area (Å²) in [5.74, 6) is -1.74. The Bertz CT molecular complexity index is 446. The van der Waals surface area contributed by atoms with Crippen LogP contribution in [0.2, 0.25) is 0 Å². The van der Waals surface area contributed by atoms with Crippen LogP contribution in [-0.4, -0.2) is 26.0 Å². The van der Waals surface area contributed by atoms with E-state index in [1.54, 1.807) is 17.9 Å². The number of aliphatic carboxylic acids is 1. The van der Waals surface area contributed by atoms with Crippen molar-refractivity contribution in [1.82, 2.24) is 9.78 Å². The van der Waals surface area contributed by atoms with Crippen molar-refractivity contribution in [2.75, 3.05) is 0 Å². The molecule has 0 saturated carbocycles. The second-order valence-corrected chi connectivity index (χ2v) is 6.03. The van der Waals surface area contributed by atoms with E-state index in [9.17, 15) is 15.0 Å². The number of hydrogen-bond acceptors (Lipinski definition) is 3. The van der Waals surface area contributed by atoms with Crippen LogP contribution in [-0.2, 0) is 17.3 Å². The average Bonchev–Trinajstić information content (AvgIpc) is 2.66. The number of carbonyl (C=O) groups is 1. The topological polar surface area (TPSA) is 75.3 Å². The fourth-order valence-electron chi connectivity index (χ4n) is 2.25. The molecule has 0 bridgehead atoms. The fourth-order valence-corrected chi connectivity index (χ4v) is 2.25. The first-order valence-corrected chi connectivity index (χ1v) is 6.63. The molecule has 0 aliphatic carbocycles.